The van der Waals surface area contributed by atoms with E-state index in [9.17, 15) is 0 Å². The fourth-order valence-electron chi connectivity index (χ4n) is 7.35. The van der Waals surface area contributed by atoms with Gasteiger partial charge in [0.2, 0.25) is 0 Å². The molecule has 0 aliphatic rings. The Morgan fingerprint density at radius 1 is 0.357 bits per heavy atom. The molecule has 7 heteroatoms. The molecule has 0 saturated heterocycles. The molecule has 70 heavy (non-hydrogen) atoms. The Hall–Kier alpha value is -7.57. The minimum Gasteiger partial charge on any atom is -0.305 e. The second kappa shape index (κ2) is 23.2. The SMILES string of the molecule is Cc1ccc(-c2c[c-]c(-c3ccc(-c4nc(-c5ccc(C(C)(C)C)cc5)nc(-c5ccc(C(C)(C)C)cc5)n4)cn3)cc2)cc1.[Ir+3].[c-]1ccccc1-c1ccccn1.[c-]1ccccc1-c1ccccn1. The van der Waals surface area contributed by atoms with Gasteiger partial charge < -0.3 is 15.0 Å². The Bertz CT molecular complexity index is 2930. The molecular formula is C63H55IrN6. The molecule has 0 atom stereocenters. The molecule has 0 spiro atoms. The first-order valence-electron chi connectivity index (χ1n) is 23.2. The maximum Gasteiger partial charge on any atom is 3.00 e. The smallest absolute Gasteiger partial charge is 0.305 e. The van der Waals surface area contributed by atoms with Gasteiger partial charge in [-0.2, -0.15) is 0 Å². The molecule has 0 saturated carbocycles. The first-order chi connectivity index (χ1) is 33.4. The van der Waals surface area contributed by atoms with Crippen molar-refractivity contribution >= 4 is 0 Å². The molecule has 0 bridgehead atoms. The molecule has 0 aliphatic heterocycles. The Morgan fingerprint density at radius 2 is 0.771 bits per heavy atom. The fourth-order valence-corrected chi connectivity index (χ4v) is 7.35. The van der Waals surface area contributed by atoms with Crippen molar-refractivity contribution in [3.63, 3.8) is 0 Å². The number of hydrogen-bond acceptors (Lipinski definition) is 6. The summed E-state index contributed by atoms with van der Waals surface area (Å²) in [6.45, 7) is 15.4. The van der Waals surface area contributed by atoms with Gasteiger partial charge in [-0.15, -0.1) is 102 Å². The number of aryl methyl sites for hydroxylation is 1. The summed E-state index contributed by atoms with van der Waals surface area (Å²) in [5, 5.41) is 0. The van der Waals surface area contributed by atoms with Gasteiger partial charge in [0, 0.05) is 35.3 Å². The van der Waals surface area contributed by atoms with Crippen molar-refractivity contribution in [1.29, 1.82) is 0 Å². The Labute approximate surface area is 427 Å². The van der Waals surface area contributed by atoms with E-state index < -0.39 is 0 Å². The standard InChI is InChI=1S/C41H39N4.2C11H8N.Ir/c1-27-8-10-28(11-9-27)29-12-14-30(15-13-29)36-25-20-33(26-42-36)39-44-37(31-16-21-34(22-17-31)40(2,3)4)43-38(45-39)32-18-23-35(24-19-32)41(5,6)7;2*1-2-6-10(7-3-1)11-8-4-5-9-12-11;/h8-14,16-26H,1-7H3;2*1-6,8-9H;/q3*-1;+3. The molecule has 0 amide bonds. The van der Waals surface area contributed by atoms with E-state index in [-0.39, 0.29) is 30.9 Å². The van der Waals surface area contributed by atoms with Crippen LogP contribution in [-0.2, 0) is 30.9 Å². The van der Waals surface area contributed by atoms with Gasteiger partial charge in [-0.25, -0.2) is 15.0 Å². The van der Waals surface area contributed by atoms with Crippen LogP contribution in [0.15, 0.2) is 207 Å². The zero-order valence-corrected chi connectivity index (χ0v) is 43.0. The van der Waals surface area contributed by atoms with Gasteiger partial charge in [-0.3, -0.25) is 0 Å². The van der Waals surface area contributed by atoms with Crippen LogP contribution in [0.4, 0.5) is 0 Å². The van der Waals surface area contributed by atoms with E-state index in [1.807, 2.05) is 109 Å². The summed E-state index contributed by atoms with van der Waals surface area (Å²) in [5.41, 5.74) is 14.8. The first-order valence-corrected chi connectivity index (χ1v) is 23.2. The van der Waals surface area contributed by atoms with Crippen molar-refractivity contribution in [1.82, 2.24) is 29.9 Å². The maximum absolute atomic E-state index is 4.94. The van der Waals surface area contributed by atoms with Crippen LogP contribution in [0.3, 0.4) is 0 Å². The molecular weight excluding hydrogens is 1030 g/mol. The van der Waals surface area contributed by atoms with Gasteiger partial charge in [-0.1, -0.05) is 167 Å². The molecule has 6 nitrogen and oxygen atoms in total. The second-order valence-corrected chi connectivity index (χ2v) is 18.7. The summed E-state index contributed by atoms with van der Waals surface area (Å²) in [4.78, 5) is 28.0. The van der Waals surface area contributed by atoms with Crippen molar-refractivity contribution in [2.24, 2.45) is 0 Å². The number of nitrogens with zero attached hydrogens (tertiary/aromatic N) is 6. The van der Waals surface area contributed by atoms with Gasteiger partial charge >= 0.3 is 20.1 Å². The molecule has 6 aromatic carbocycles. The van der Waals surface area contributed by atoms with Gasteiger partial charge in [0.15, 0.2) is 17.5 Å². The van der Waals surface area contributed by atoms with Gasteiger partial charge in [0.25, 0.3) is 0 Å². The fraction of sp³-hybridized carbons (Fsp3) is 0.143. The van der Waals surface area contributed by atoms with E-state index in [1.165, 1.54) is 22.3 Å². The largest absolute Gasteiger partial charge is 3.00 e. The second-order valence-electron chi connectivity index (χ2n) is 18.7. The Kier molecular flexibility index (Phi) is 16.6. The summed E-state index contributed by atoms with van der Waals surface area (Å²) in [5.74, 6) is 1.87. The van der Waals surface area contributed by atoms with Gasteiger partial charge in [0.05, 0.1) is 0 Å². The number of benzene rings is 6. The van der Waals surface area contributed by atoms with E-state index >= 15 is 0 Å². The van der Waals surface area contributed by atoms with Crippen molar-refractivity contribution in [2.45, 2.75) is 59.3 Å². The van der Waals surface area contributed by atoms with E-state index in [4.69, 9.17) is 19.9 Å². The molecule has 0 fully saturated rings. The van der Waals surface area contributed by atoms with Crippen molar-refractivity contribution in [2.75, 3.05) is 0 Å². The third kappa shape index (κ3) is 13.4. The average Bonchev–Trinajstić information content (AvgIpc) is 3.40. The van der Waals surface area contributed by atoms with Crippen LogP contribution < -0.4 is 0 Å². The summed E-state index contributed by atoms with van der Waals surface area (Å²) in [7, 11) is 0. The molecule has 0 N–H and O–H groups in total. The minimum absolute atomic E-state index is 0. The normalized spacial score (nSPS) is 11.0. The zero-order chi connectivity index (χ0) is 48.2. The van der Waals surface area contributed by atoms with Crippen molar-refractivity contribution in [3.8, 4) is 79.1 Å². The van der Waals surface area contributed by atoms with Crippen LogP contribution in [0.5, 0.6) is 0 Å². The van der Waals surface area contributed by atoms with Crippen molar-refractivity contribution < 1.29 is 20.1 Å². The van der Waals surface area contributed by atoms with Gasteiger partial charge in [-0.05, 0) is 58.1 Å². The maximum atomic E-state index is 4.94. The monoisotopic (exact) mass is 1090 g/mol. The zero-order valence-electron chi connectivity index (χ0n) is 40.6. The predicted octanol–water partition coefficient (Wildman–Crippen LogP) is 15.4. The average molecular weight is 1090 g/mol. The molecule has 10 aromatic rings. The quantitative estimate of drug-likeness (QED) is 0.148. The van der Waals surface area contributed by atoms with Crippen LogP contribution in [0.25, 0.3) is 79.1 Å². The third-order valence-corrected chi connectivity index (χ3v) is 11.4. The van der Waals surface area contributed by atoms with E-state index in [0.717, 1.165) is 56.0 Å². The number of hydrogen-bond donors (Lipinski definition) is 0. The molecule has 0 aliphatic carbocycles. The van der Waals surface area contributed by atoms with Gasteiger partial charge in [0.1, 0.15) is 0 Å². The van der Waals surface area contributed by atoms with Crippen LogP contribution in [-0.4, -0.2) is 29.9 Å². The number of pyridine rings is 3. The number of aromatic nitrogens is 6. The summed E-state index contributed by atoms with van der Waals surface area (Å²) in [6, 6.07) is 72.9. The van der Waals surface area contributed by atoms with Crippen LogP contribution in [0.2, 0.25) is 0 Å². The predicted molar refractivity (Wildman–Crippen MR) is 283 cm³/mol. The Morgan fingerprint density at radius 3 is 1.16 bits per heavy atom. The summed E-state index contributed by atoms with van der Waals surface area (Å²) < 4.78 is 0. The first kappa shape index (κ1) is 50.3. The molecule has 0 radical (unpaired) electrons. The minimum atomic E-state index is 0. The molecule has 10 rings (SSSR count). The number of rotatable bonds is 7. The third-order valence-electron chi connectivity index (χ3n) is 11.4. The topological polar surface area (TPSA) is 77.3 Å². The molecule has 346 valence electrons. The summed E-state index contributed by atoms with van der Waals surface area (Å²) in [6.07, 6.45) is 5.41. The van der Waals surface area contributed by atoms with E-state index in [1.54, 1.807) is 12.4 Å². The van der Waals surface area contributed by atoms with E-state index in [2.05, 4.69) is 162 Å². The summed E-state index contributed by atoms with van der Waals surface area (Å²) >= 11 is 0. The van der Waals surface area contributed by atoms with Crippen LogP contribution >= 0.6 is 0 Å². The van der Waals surface area contributed by atoms with Crippen LogP contribution in [0.1, 0.15) is 58.2 Å². The van der Waals surface area contributed by atoms with Crippen LogP contribution in [0, 0.1) is 25.1 Å². The molecule has 4 aromatic heterocycles. The van der Waals surface area contributed by atoms with Crippen molar-refractivity contribution in [3.05, 3.63) is 242 Å². The van der Waals surface area contributed by atoms with E-state index in [0.29, 0.717) is 17.5 Å². The molecule has 4 heterocycles. The Balaban J connectivity index is 0.000000233. The molecule has 0 unspecified atom stereocenters.